The van der Waals surface area contributed by atoms with Crippen LogP contribution in [0, 0.1) is 0 Å². The third-order valence-corrected chi connectivity index (χ3v) is 5.40. The Kier molecular flexibility index (Phi) is 6.76. The van der Waals surface area contributed by atoms with Crippen molar-refractivity contribution in [1.29, 1.82) is 0 Å². The van der Waals surface area contributed by atoms with Crippen LogP contribution in [0.5, 0.6) is 0 Å². The van der Waals surface area contributed by atoms with E-state index in [9.17, 15) is 0 Å². The Morgan fingerprint density at radius 1 is 0.909 bits per heavy atom. The Labute approximate surface area is 198 Å². The first kappa shape index (κ1) is 22.6. The van der Waals surface area contributed by atoms with Crippen molar-refractivity contribution in [3.05, 3.63) is 72.8 Å². The molecule has 0 bridgehead atoms. The molecule has 9 heteroatoms. The van der Waals surface area contributed by atoms with Gasteiger partial charge < -0.3 is 9.80 Å². The number of hydrogen-bond acceptors (Lipinski definition) is 7. The maximum atomic E-state index is 4.88. The van der Waals surface area contributed by atoms with E-state index < -0.39 is 0 Å². The Hall–Kier alpha value is -3.62. The van der Waals surface area contributed by atoms with E-state index in [1.54, 1.807) is 12.5 Å². The first-order valence-corrected chi connectivity index (χ1v) is 10.5. The molecule has 0 spiro atoms. The summed E-state index contributed by atoms with van der Waals surface area (Å²) in [6, 6.07) is 16.6. The number of H-pyrrole nitrogens is 1. The van der Waals surface area contributed by atoms with Gasteiger partial charge in [0.2, 0.25) is 5.95 Å². The smallest absolute Gasteiger partial charge is 0.226 e. The molecule has 168 valence electrons. The Bertz CT molecular complexity index is 1350. The van der Waals surface area contributed by atoms with Gasteiger partial charge in [0.05, 0.1) is 22.8 Å². The molecular formula is C24H25ClN8. The van der Waals surface area contributed by atoms with Crippen LogP contribution in [0.2, 0.25) is 0 Å². The third kappa shape index (κ3) is 4.92. The van der Waals surface area contributed by atoms with Gasteiger partial charge in [0.15, 0.2) is 5.65 Å². The summed E-state index contributed by atoms with van der Waals surface area (Å²) in [6.07, 6.45) is 5.19. The van der Waals surface area contributed by atoms with E-state index >= 15 is 0 Å². The maximum Gasteiger partial charge on any atom is 0.226 e. The molecule has 0 radical (unpaired) electrons. The highest BCUT2D eigenvalue weighted by Gasteiger charge is 2.13. The average Bonchev–Trinajstić information content (AvgIpc) is 3.31. The van der Waals surface area contributed by atoms with Crippen molar-refractivity contribution in [2.45, 2.75) is 6.54 Å². The van der Waals surface area contributed by atoms with Gasteiger partial charge in [-0.2, -0.15) is 5.10 Å². The van der Waals surface area contributed by atoms with Crippen molar-refractivity contribution in [3.63, 3.8) is 0 Å². The van der Waals surface area contributed by atoms with Crippen LogP contribution in [0.25, 0.3) is 33.2 Å². The summed E-state index contributed by atoms with van der Waals surface area (Å²) < 4.78 is 0. The SMILES string of the molecule is CN(C)CCN(Cc1ccccc1)c1ncc2cc(-c3ncnc4[nH]ncc34)ccc2n1.Cl. The van der Waals surface area contributed by atoms with Crippen molar-refractivity contribution in [3.8, 4) is 11.3 Å². The van der Waals surface area contributed by atoms with E-state index in [0.29, 0.717) is 0 Å². The highest BCUT2D eigenvalue weighted by molar-refractivity contribution is 5.93. The van der Waals surface area contributed by atoms with Gasteiger partial charge in [0.1, 0.15) is 6.33 Å². The number of likely N-dealkylation sites (N-methyl/N-ethyl adjacent to an activating group) is 1. The number of nitrogens with one attached hydrogen (secondary N) is 1. The van der Waals surface area contributed by atoms with Crippen molar-refractivity contribution in [2.75, 3.05) is 32.1 Å². The molecular weight excluding hydrogens is 436 g/mol. The van der Waals surface area contributed by atoms with Crippen molar-refractivity contribution in [2.24, 2.45) is 0 Å². The van der Waals surface area contributed by atoms with Gasteiger partial charge in [-0.05, 0) is 31.8 Å². The molecule has 0 aliphatic heterocycles. The molecule has 0 aliphatic carbocycles. The van der Waals surface area contributed by atoms with Gasteiger partial charge in [-0.1, -0.05) is 36.4 Å². The van der Waals surface area contributed by atoms with Crippen LogP contribution in [0.1, 0.15) is 5.56 Å². The Morgan fingerprint density at radius 2 is 1.76 bits per heavy atom. The van der Waals surface area contributed by atoms with Gasteiger partial charge in [0.25, 0.3) is 0 Å². The normalized spacial score (nSPS) is 11.1. The molecule has 0 fully saturated rings. The second kappa shape index (κ2) is 9.89. The number of aromatic amines is 1. The summed E-state index contributed by atoms with van der Waals surface area (Å²) in [4.78, 5) is 22.7. The molecule has 0 amide bonds. The number of halogens is 1. The lowest BCUT2D eigenvalue weighted by atomic mass is 10.1. The third-order valence-electron chi connectivity index (χ3n) is 5.40. The number of aromatic nitrogens is 6. The molecule has 0 atom stereocenters. The minimum absolute atomic E-state index is 0. The Balaban J connectivity index is 0.00000259. The molecule has 0 saturated heterocycles. The molecule has 0 saturated carbocycles. The van der Waals surface area contributed by atoms with E-state index in [-0.39, 0.29) is 12.4 Å². The highest BCUT2D eigenvalue weighted by atomic mass is 35.5. The van der Waals surface area contributed by atoms with Gasteiger partial charge in [-0.25, -0.2) is 19.9 Å². The molecule has 5 aromatic rings. The highest BCUT2D eigenvalue weighted by Crippen LogP contribution is 2.27. The number of fused-ring (bicyclic) bond motifs is 2. The summed E-state index contributed by atoms with van der Waals surface area (Å²) in [7, 11) is 4.15. The number of nitrogens with zero attached hydrogens (tertiary/aromatic N) is 7. The second-order valence-electron chi connectivity index (χ2n) is 8.01. The van der Waals surface area contributed by atoms with E-state index in [1.807, 2.05) is 24.4 Å². The molecule has 3 aromatic heterocycles. The minimum Gasteiger partial charge on any atom is -0.335 e. The van der Waals surface area contributed by atoms with E-state index in [2.05, 4.69) is 74.4 Å². The summed E-state index contributed by atoms with van der Waals surface area (Å²) >= 11 is 0. The molecule has 2 aromatic carbocycles. The molecule has 0 unspecified atom stereocenters. The van der Waals surface area contributed by atoms with E-state index in [0.717, 1.165) is 58.8 Å². The first-order chi connectivity index (χ1) is 15.7. The van der Waals surface area contributed by atoms with E-state index in [4.69, 9.17) is 9.97 Å². The second-order valence-corrected chi connectivity index (χ2v) is 8.01. The fraction of sp³-hybridized carbons (Fsp3) is 0.208. The standard InChI is InChI=1S/C24H24N8.ClH/c1-31(2)10-11-32(15-17-6-4-3-5-7-17)24-25-13-19-12-18(8-9-21(19)29-24)22-20-14-28-30-23(20)27-16-26-22;/h3-9,12-14,16H,10-11,15H2,1-2H3,(H,26,27,28,30);1H. The maximum absolute atomic E-state index is 4.88. The van der Waals surface area contributed by atoms with Crippen LogP contribution in [0.15, 0.2) is 67.3 Å². The zero-order valence-electron chi connectivity index (χ0n) is 18.5. The van der Waals surface area contributed by atoms with Crippen molar-refractivity contribution < 1.29 is 0 Å². The summed E-state index contributed by atoms with van der Waals surface area (Å²) in [6.45, 7) is 2.52. The van der Waals surface area contributed by atoms with Gasteiger partial charge >= 0.3 is 0 Å². The molecule has 3 heterocycles. The van der Waals surface area contributed by atoms with E-state index in [1.165, 1.54) is 5.56 Å². The number of anilines is 1. The van der Waals surface area contributed by atoms with Gasteiger partial charge in [0, 0.05) is 36.8 Å². The van der Waals surface area contributed by atoms with Gasteiger partial charge in [-0.3, -0.25) is 5.10 Å². The lowest BCUT2D eigenvalue weighted by molar-refractivity contribution is 0.411. The number of benzene rings is 2. The zero-order valence-corrected chi connectivity index (χ0v) is 19.3. The number of hydrogen-bond donors (Lipinski definition) is 1. The largest absolute Gasteiger partial charge is 0.335 e. The van der Waals surface area contributed by atoms with Crippen LogP contribution < -0.4 is 4.90 Å². The fourth-order valence-electron chi connectivity index (χ4n) is 3.69. The predicted octanol–water partition coefficient (Wildman–Crippen LogP) is 3.95. The Morgan fingerprint density at radius 3 is 2.58 bits per heavy atom. The van der Waals surface area contributed by atoms with Crippen molar-refractivity contribution >= 4 is 40.3 Å². The van der Waals surface area contributed by atoms with Crippen LogP contribution in [-0.2, 0) is 6.54 Å². The molecule has 5 rings (SSSR count). The van der Waals surface area contributed by atoms with Crippen LogP contribution >= 0.6 is 12.4 Å². The molecule has 33 heavy (non-hydrogen) atoms. The molecule has 1 N–H and O–H groups in total. The molecule has 0 aliphatic rings. The topological polar surface area (TPSA) is 86.7 Å². The molecule has 8 nitrogen and oxygen atoms in total. The predicted molar refractivity (Wildman–Crippen MR) is 134 cm³/mol. The van der Waals surface area contributed by atoms with Crippen LogP contribution in [0.4, 0.5) is 5.95 Å². The van der Waals surface area contributed by atoms with Crippen LogP contribution in [-0.4, -0.2) is 62.2 Å². The first-order valence-electron chi connectivity index (χ1n) is 10.5. The number of rotatable bonds is 7. The monoisotopic (exact) mass is 460 g/mol. The van der Waals surface area contributed by atoms with Crippen molar-refractivity contribution in [1.82, 2.24) is 35.0 Å². The van der Waals surface area contributed by atoms with Gasteiger partial charge in [-0.15, -0.1) is 12.4 Å². The summed E-state index contributed by atoms with van der Waals surface area (Å²) in [5.74, 6) is 0.732. The summed E-state index contributed by atoms with van der Waals surface area (Å²) in [5, 5.41) is 8.83. The quantitative estimate of drug-likeness (QED) is 0.393. The summed E-state index contributed by atoms with van der Waals surface area (Å²) in [5.41, 5.74) is 4.68. The average molecular weight is 461 g/mol. The minimum atomic E-state index is 0. The van der Waals surface area contributed by atoms with Crippen LogP contribution in [0.3, 0.4) is 0 Å². The fourth-order valence-corrected chi connectivity index (χ4v) is 3.69. The zero-order chi connectivity index (χ0) is 21.9. The lowest BCUT2D eigenvalue weighted by Gasteiger charge is -2.24. The lowest BCUT2D eigenvalue weighted by Crippen LogP contribution is -2.32.